The minimum Gasteiger partial charge on any atom is -1.00 e. The van der Waals surface area contributed by atoms with Gasteiger partial charge in [0.15, 0.2) is 0 Å². The van der Waals surface area contributed by atoms with Gasteiger partial charge in [-0.3, -0.25) is 0 Å². The number of benzene rings is 4. The molecular formula is C49H54Cl2F6Zr. The summed E-state index contributed by atoms with van der Waals surface area (Å²) in [6.45, 7) is 24.0. The summed E-state index contributed by atoms with van der Waals surface area (Å²) < 4.78 is 90.7. The van der Waals surface area contributed by atoms with Crippen LogP contribution >= 0.6 is 0 Å². The van der Waals surface area contributed by atoms with Gasteiger partial charge in [0.1, 0.15) is 0 Å². The Hall–Kier alpha value is -2.73. The van der Waals surface area contributed by atoms with E-state index >= 15 is 0 Å². The summed E-state index contributed by atoms with van der Waals surface area (Å²) in [7, 11) is 0. The smallest absolute Gasteiger partial charge is 1.00 e. The normalized spacial score (nSPS) is 15.5. The zero-order valence-corrected chi connectivity index (χ0v) is 39.3. The average molecular weight is 919 g/mol. The summed E-state index contributed by atoms with van der Waals surface area (Å²) in [6, 6.07) is 21.8. The molecule has 0 N–H and O–H groups in total. The van der Waals surface area contributed by atoms with E-state index in [1.54, 1.807) is 12.1 Å². The van der Waals surface area contributed by atoms with Crippen LogP contribution in [0.1, 0.15) is 134 Å². The van der Waals surface area contributed by atoms with Crippen molar-refractivity contribution in [3.8, 4) is 11.1 Å². The predicted octanol–water partition coefficient (Wildman–Crippen LogP) is 8.09. The van der Waals surface area contributed by atoms with Crippen molar-refractivity contribution < 1.29 is 72.4 Å². The van der Waals surface area contributed by atoms with Crippen molar-refractivity contribution in [2.75, 3.05) is 0 Å². The van der Waals surface area contributed by atoms with Crippen molar-refractivity contribution in [3.63, 3.8) is 0 Å². The maximum Gasteiger partial charge on any atom is -1.00 e. The second-order valence-electron chi connectivity index (χ2n) is 18.6. The van der Waals surface area contributed by atoms with E-state index in [4.69, 9.17) is 0 Å². The first-order chi connectivity index (χ1) is 25.9. The van der Waals surface area contributed by atoms with Crippen LogP contribution in [0.2, 0.25) is 0 Å². The summed E-state index contributed by atoms with van der Waals surface area (Å²) in [5, 5.41) is 0. The third-order valence-corrected chi connectivity index (χ3v) is 19.7. The number of allylic oxidation sites excluding steroid dienone is 4. The molecule has 0 spiro atoms. The van der Waals surface area contributed by atoms with Gasteiger partial charge in [-0.1, -0.05) is 0 Å². The zero-order valence-electron chi connectivity index (χ0n) is 35.3. The van der Waals surface area contributed by atoms with Gasteiger partial charge in [0.25, 0.3) is 0 Å². The van der Waals surface area contributed by atoms with Crippen molar-refractivity contribution in [1.29, 1.82) is 0 Å². The molecule has 0 bridgehead atoms. The van der Waals surface area contributed by atoms with Crippen LogP contribution in [0.25, 0.3) is 11.1 Å². The molecule has 0 radical (unpaired) electrons. The molecule has 0 nitrogen and oxygen atoms in total. The standard InChI is InChI=1S/C21H25.C15H8F6.C13H21.2ClH.Zr/c1-20(2,3)16-7-9-18-14(12-16)11-15-13-17(21(4,5)6)8-10-19(15)18;16-14(17,18)12-5-1-3-10(8-12)7-11-4-2-6-13(9-11)15(19,20)21;1-6-10-8-11(7-2)12(9-10)13(3,4)5;;;/h7-10,12H,11H2,1-6H3;1-6,8-9H;9-10H,6-7H2,1-5H3;2*1H;/q;;;;;+2/p-2. The van der Waals surface area contributed by atoms with Crippen LogP contribution in [-0.2, 0) is 50.9 Å². The van der Waals surface area contributed by atoms with Gasteiger partial charge in [-0.2, -0.15) is 0 Å². The molecule has 0 aromatic heterocycles. The monoisotopic (exact) mass is 916 g/mol. The number of hydrogen-bond acceptors (Lipinski definition) is 0. The van der Waals surface area contributed by atoms with Crippen molar-refractivity contribution in [2.45, 2.75) is 119 Å². The molecule has 4 aromatic carbocycles. The Labute approximate surface area is 361 Å². The number of halogens is 8. The third-order valence-electron chi connectivity index (χ3n) is 11.5. The first kappa shape index (κ1) is 47.9. The molecule has 310 valence electrons. The molecular weight excluding hydrogens is 865 g/mol. The molecule has 0 fully saturated rings. The molecule has 4 aromatic rings. The van der Waals surface area contributed by atoms with Crippen LogP contribution in [0, 0.1) is 11.3 Å². The van der Waals surface area contributed by atoms with Crippen LogP contribution in [0.5, 0.6) is 0 Å². The molecule has 2 aliphatic carbocycles. The fourth-order valence-electron chi connectivity index (χ4n) is 8.70. The Morgan fingerprint density at radius 1 is 0.621 bits per heavy atom. The largest absolute Gasteiger partial charge is 1.00 e. The number of hydrogen-bond donors (Lipinski definition) is 0. The zero-order chi connectivity index (χ0) is 41.3. The van der Waals surface area contributed by atoms with E-state index in [0.717, 1.165) is 35.2 Å². The summed E-state index contributed by atoms with van der Waals surface area (Å²) in [5.74, 6) is 0.000110. The molecule has 0 heterocycles. The predicted molar refractivity (Wildman–Crippen MR) is 216 cm³/mol. The minimum atomic E-state index is -4.64. The van der Waals surface area contributed by atoms with E-state index < -0.39 is 44.7 Å². The van der Waals surface area contributed by atoms with Crippen LogP contribution in [0.15, 0.2) is 99.4 Å². The molecule has 6 rings (SSSR count). The molecule has 58 heavy (non-hydrogen) atoms. The third kappa shape index (κ3) is 9.28. The van der Waals surface area contributed by atoms with Gasteiger partial charge in [0.2, 0.25) is 0 Å². The molecule has 0 aliphatic heterocycles. The van der Waals surface area contributed by atoms with E-state index in [0.29, 0.717) is 27.2 Å². The van der Waals surface area contributed by atoms with E-state index in [-0.39, 0.29) is 47.0 Å². The molecule has 1 atom stereocenters. The number of rotatable bonds is 6. The van der Waals surface area contributed by atoms with E-state index in [1.807, 2.05) is 0 Å². The topological polar surface area (TPSA) is 0 Å². The molecule has 0 amide bonds. The van der Waals surface area contributed by atoms with Crippen molar-refractivity contribution in [3.05, 3.63) is 144 Å². The molecule has 0 saturated heterocycles. The maximum absolute atomic E-state index is 14.6. The van der Waals surface area contributed by atoms with Gasteiger partial charge in [0, 0.05) is 0 Å². The Morgan fingerprint density at radius 2 is 1.16 bits per heavy atom. The SMILES string of the molecule is CCC1=[C]([Zr+2](=[C](c2cccc(C(F)(F)F)c2)c2cccc(C(F)(F)F)c2)[c]2c(C(C)(C)C)ccc3c2Cc2cc(C(C)(C)C)ccc2-3)C(CC)C=C1C(C)(C)C.[Cl-].[Cl-]. The van der Waals surface area contributed by atoms with Gasteiger partial charge in [-0.05, 0) is 0 Å². The summed E-state index contributed by atoms with van der Waals surface area (Å²) in [5.41, 5.74) is 7.84. The summed E-state index contributed by atoms with van der Waals surface area (Å²) >= 11 is -3.93. The van der Waals surface area contributed by atoms with Gasteiger partial charge in [0.05, 0.1) is 0 Å². The van der Waals surface area contributed by atoms with Crippen LogP contribution in [-0.4, -0.2) is 3.21 Å². The summed E-state index contributed by atoms with van der Waals surface area (Å²) in [4.78, 5) is 0. The Balaban J connectivity index is 0.00000372. The quantitative estimate of drug-likeness (QED) is 0.151. The fourth-order valence-corrected chi connectivity index (χ4v) is 19.0. The van der Waals surface area contributed by atoms with Crippen molar-refractivity contribution in [1.82, 2.24) is 0 Å². The van der Waals surface area contributed by atoms with Gasteiger partial charge < -0.3 is 24.8 Å². The molecule has 1 unspecified atom stereocenters. The first-order valence-corrected chi connectivity index (χ1v) is 23.4. The maximum atomic E-state index is 14.6. The van der Waals surface area contributed by atoms with Crippen molar-refractivity contribution >= 4 is 6.48 Å². The first-order valence-electron chi connectivity index (χ1n) is 19.7. The van der Waals surface area contributed by atoms with Gasteiger partial charge >= 0.3 is 339 Å². The van der Waals surface area contributed by atoms with E-state index in [2.05, 4.69) is 113 Å². The Morgan fingerprint density at radius 3 is 1.60 bits per heavy atom. The minimum absolute atomic E-state index is 0. The molecule has 2 aliphatic rings. The summed E-state index contributed by atoms with van der Waals surface area (Å²) in [6.07, 6.45) is -4.76. The van der Waals surface area contributed by atoms with Crippen LogP contribution in [0.3, 0.4) is 0 Å². The van der Waals surface area contributed by atoms with Gasteiger partial charge in [-0.25, -0.2) is 0 Å². The van der Waals surface area contributed by atoms with Crippen LogP contribution in [0.4, 0.5) is 26.3 Å². The van der Waals surface area contributed by atoms with E-state index in [1.165, 1.54) is 58.7 Å². The second-order valence-corrected chi connectivity index (χ2v) is 24.2. The molecule has 9 heteroatoms. The number of alkyl halides is 6. The van der Waals surface area contributed by atoms with Crippen LogP contribution < -0.4 is 28.1 Å². The molecule has 0 saturated carbocycles. The number of fused-ring (bicyclic) bond motifs is 3. The van der Waals surface area contributed by atoms with Gasteiger partial charge in [-0.15, -0.1) is 0 Å². The fraction of sp³-hybridized carbons (Fsp3) is 0.408. The second kappa shape index (κ2) is 17.0. The Bertz CT molecular complexity index is 2230. The van der Waals surface area contributed by atoms with E-state index in [9.17, 15) is 26.3 Å². The Kier molecular flexibility index (Phi) is 14.0. The van der Waals surface area contributed by atoms with Crippen molar-refractivity contribution in [2.24, 2.45) is 11.3 Å². The average Bonchev–Trinajstić information content (AvgIpc) is 3.67.